The minimum atomic E-state index is 0.146. The summed E-state index contributed by atoms with van der Waals surface area (Å²) >= 11 is 0. The number of nitrogens with zero attached hydrogens (tertiary/aromatic N) is 1. The molecule has 11 heavy (non-hydrogen) atoms. The van der Waals surface area contributed by atoms with Crippen LogP contribution in [-0.4, -0.2) is 36.0 Å². The normalized spacial score (nSPS) is 28.8. The molecule has 3 nitrogen and oxygen atoms in total. The molecule has 2 fully saturated rings. The van der Waals surface area contributed by atoms with Crippen molar-refractivity contribution in [3.63, 3.8) is 0 Å². The third-order valence-electron chi connectivity index (χ3n) is 2.74. The van der Waals surface area contributed by atoms with E-state index in [-0.39, 0.29) is 5.54 Å². The molecular formula is C8H14N2O. The fraction of sp³-hybridized carbons (Fsp3) is 0.875. The topological polar surface area (TPSA) is 32.3 Å². The predicted molar refractivity (Wildman–Crippen MR) is 42.2 cm³/mol. The number of hydrogen-bond donors (Lipinski definition) is 1. The van der Waals surface area contributed by atoms with Gasteiger partial charge >= 0.3 is 0 Å². The molecule has 0 bridgehead atoms. The third kappa shape index (κ3) is 0.948. The largest absolute Gasteiger partial charge is 0.335 e. The second kappa shape index (κ2) is 2.21. The molecule has 2 aliphatic heterocycles. The van der Waals surface area contributed by atoms with Crippen molar-refractivity contribution in [2.45, 2.75) is 25.3 Å². The maximum absolute atomic E-state index is 11.3. The first kappa shape index (κ1) is 7.10. The molecule has 0 aromatic carbocycles. The van der Waals surface area contributed by atoms with Crippen LogP contribution in [-0.2, 0) is 4.79 Å². The van der Waals surface area contributed by atoms with Crippen LogP contribution >= 0.6 is 0 Å². The molecule has 2 rings (SSSR count). The summed E-state index contributed by atoms with van der Waals surface area (Å²) in [4.78, 5) is 13.3. The maximum Gasteiger partial charge on any atom is 0.223 e. The number of amides is 1. The van der Waals surface area contributed by atoms with E-state index in [9.17, 15) is 4.79 Å². The Morgan fingerprint density at radius 1 is 1.55 bits per heavy atom. The standard InChI is InChI=1S/C8H14N2O/c1-8(5-9-6-8)10-4-2-3-7(10)11/h9H,2-6H2,1H3. The number of carbonyl (C=O) groups is 1. The number of rotatable bonds is 1. The molecule has 0 aromatic heterocycles. The second-order valence-electron chi connectivity index (χ2n) is 3.75. The van der Waals surface area contributed by atoms with Crippen molar-refractivity contribution in [1.29, 1.82) is 0 Å². The lowest BCUT2D eigenvalue weighted by Crippen LogP contribution is -2.67. The summed E-state index contributed by atoms with van der Waals surface area (Å²) in [5.41, 5.74) is 0.146. The van der Waals surface area contributed by atoms with E-state index in [4.69, 9.17) is 0 Å². The molecule has 0 atom stereocenters. The number of carbonyl (C=O) groups excluding carboxylic acids is 1. The molecule has 2 heterocycles. The van der Waals surface area contributed by atoms with Crippen LogP contribution in [0.3, 0.4) is 0 Å². The summed E-state index contributed by atoms with van der Waals surface area (Å²) in [7, 11) is 0. The second-order valence-corrected chi connectivity index (χ2v) is 3.75. The summed E-state index contributed by atoms with van der Waals surface area (Å²) in [6.07, 6.45) is 1.81. The lowest BCUT2D eigenvalue weighted by Gasteiger charge is -2.46. The van der Waals surface area contributed by atoms with Gasteiger partial charge in [-0.1, -0.05) is 0 Å². The minimum absolute atomic E-state index is 0.146. The van der Waals surface area contributed by atoms with E-state index in [1.54, 1.807) is 0 Å². The van der Waals surface area contributed by atoms with Crippen LogP contribution in [0.4, 0.5) is 0 Å². The quantitative estimate of drug-likeness (QED) is 0.575. The molecule has 0 aliphatic carbocycles. The first-order chi connectivity index (χ1) is 5.22. The predicted octanol–water partition coefficient (Wildman–Crippen LogP) is -0.0293. The van der Waals surface area contributed by atoms with Gasteiger partial charge in [-0.3, -0.25) is 4.79 Å². The van der Waals surface area contributed by atoms with Gasteiger partial charge in [-0.15, -0.1) is 0 Å². The van der Waals surface area contributed by atoms with Gasteiger partial charge in [-0.25, -0.2) is 0 Å². The molecule has 2 aliphatic rings. The van der Waals surface area contributed by atoms with Gasteiger partial charge in [-0.2, -0.15) is 0 Å². The van der Waals surface area contributed by atoms with Crippen molar-refractivity contribution < 1.29 is 4.79 Å². The van der Waals surface area contributed by atoms with E-state index in [2.05, 4.69) is 12.2 Å². The molecule has 0 unspecified atom stereocenters. The first-order valence-corrected chi connectivity index (χ1v) is 4.24. The Hall–Kier alpha value is -0.570. The van der Waals surface area contributed by atoms with Gasteiger partial charge in [-0.05, 0) is 13.3 Å². The molecule has 1 N–H and O–H groups in total. The Morgan fingerprint density at radius 3 is 2.64 bits per heavy atom. The lowest BCUT2D eigenvalue weighted by atomic mass is 9.93. The van der Waals surface area contributed by atoms with Gasteiger partial charge in [0.05, 0.1) is 5.54 Å². The Bertz CT molecular complexity index is 187. The Morgan fingerprint density at radius 2 is 2.27 bits per heavy atom. The van der Waals surface area contributed by atoms with Crippen LogP contribution in [0, 0.1) is 0 Å². The fourth-order valence-electron chi connectivity index (χ4n) is 1.90. The molecule has 3 heteroatoms. The van der Waals surface area contributed by atoms with Gasteiger partial charge in [0.25, 0.3) is 0 Å². The molecular weight excluding hydrogens is 140 g/mol. The third-order valence-corrected chi connectivity index (χ3v) is 2.74. The zero-order valence-electron chi connectivity index (χ0n) is 6.89. The van der Waals surface area contributed by atoms with Crippen molar-refractivity contribution in [2.24, 2.45) is 0 Å². The van der Waals surface area contributed by atoms with Gasteiger partial charge in [0.15, 0.2) is 0 Å². The molecule has 0 spiro atoms. The highest BCUT2D eigenvalue weighted by Gasteiger charge is 2.41. The van der Waals surface area contributed by atoms with Crippen LogP contribution in [0.2, 0.25) is 0 Å². The molecule has 0 aromatic rings. The maximum atomic E-state index is 11.3. The van der Waals surface area contributed by atoms with Gasteiger partial charge < -0.3 is 10.2 Å². The van der Waals surface area contributed by atoms with Gasteiger partial charge in [0, 0.05) is 26.1 Å². The van der Waals surface area contributed by atoms with Crippen molar-refractivity contribution in [1.82, 2.24) is 10.2 Å². The van der Waals surface area contributed by atoms with E-state index < -0.39 is 0 Å². The van der Waals surface area contributed by atoms with Crippen molar-refractivity contribution in [3.05, 3.63) is 0 Å². The smallest absolute Gasteiger partial charge is 0.223 e. The average molecular weight is 154 g/mol. The Balaban J connectivity index is 2.08. The Labute approximate surface area is 66.8 Å². The summed E-state index contributed by atoms with van der Waals surface area (Å²) in [6.45, 7) is 5.07. The molecule has 62 valence electrons. The minimum Gasteiger partial charge on any atom is -0.335 e. The fourth-order valence-corrected chi connectivity index (χ4v) is 1.90. The summed E-state index contributed by atoms with van der Waals surface area (Å²) < 4.78 is 0. The molecule has 1 amide bonds. The Kier molecular flexibility index (Phi) is 1.42. The molecule has 2 saturated heterocycles. The van der Waals surface area contributed by atoms with Crippen molar-refractivity contribution in [3.8, 4) is 0 Å². The summed E-state index contributed by atoms with van der Waals surface area (Å²) in [5, 5.41) is 3.21. The lowest BCUT2D eigenvalue weighted by molar-refractivity contribution is -0.134. The highest BCUT2D eigenvalue weighted by molar-refractivity contribution is 5.79. The van der Waals surface area contributed by atoms with E-state index in [1.807, 2.05) is 4.90 Å². The van der Waals surface area contributed by atoms with Crippen molar-refractivity contribution in [2.75, 3.05) is 19.6 Å². The van der Waals surface area contributed by atoms with Crippen LogP contribution < -0.4 is 5.32 Å². The van der Waals surface area contributed by atoms with Gasteiger partial charge in [0.2, 0.25) is 5.91 Å². The number of nitrogens with one attached hydrogen (secondary N) is 1. The highest BCUT2D eigenvalue weighted by atomic mass is 16.2. The van der Waals surface area contributed by atoms with E-state index in [1.165, 1.54) is 0 Å². The van der Waals surface area contributed by atoms with Crippen LogP contribution in [0.15, 0.2) is 0 Å². The first-order valence-electron chi connectivity index (χ1n) is 4.24. The molecule has 0 saturated carbocycles. The zero-order valence-corrected chi connectivity index (χ0v) is 6.89. The van der Waals surface area contributed by atoms with Crippen molar-refractivity contribution >= 4 is 5.91 Å². The van der Waals surface area contributed by atoms with Crippen LogP contribution in [0.1, 0.15) is 19.8 Å². The monoisotopic (exact) mass is 154 g/mol. The number of likely N-dealkylation sites (tertiary alicyclic amines) is 1. The molecule has 0 radical (unpaired) electrons. The zero-order chi connectivity index (χ0) is 7.90. The van der Waals surface area contributed by atoms with E-state index in [0.29, 0.717) is 5.91 Å². The van der Waals surface area contributed by atoms with Crippen LogP contribution in [0.5, 0.6) is 0 Å². The number of hydrogen-bond acceptors (Lipinski definition) is 2. The van der Waals surface area contributed by atoms with E-state index >= 15 is 0 Å². The SMILES string of the molecule is CC1(N2CCCC2=O)CNC1. The van der Waals surface area contributed by atoms with E-state index in [0.717, 1.165) is 32.5 Å². The summed E-state index contributed by atoms with van der Waals surface area (Å²) in [6, 6.07) is 0. The highest BCUT2D eigenvalue weighted by Crippen LogP contribution is 2.25. The van der Waals surface area contributed by atoms with Gasteiger partial charge in [0.1, 0.15) is 0 Å². The van der Waals surface area contributed by atoms with Crippen LogP contribution in [0.25, 0.3) is 0 Å². The summed E-state index contributed by atoms with van der Waals surface area (Å²) in [5.74, 6) is 0.342. The average Bonchev–Trinajstić information content (AvgIpc) is 2.30.